The predicted molar refractivity (Wildman–Crippen MR) is 86.9 cm³/mol. The van der Waals surface area contributed by atoms with Crippen LogP contribution in [0.1, 0.15) is 25.2 Å². The maximum atomic E-state index is 6.19. The summed E-state index contributed by atoms with van der Waals surface area (Å²) in [6.07, 6.45) is 1.13. The molecule has 0 radical (unpaired) electrons. The molecule has 3 rings (SSSR count). The van der Waals surface area contributed by atoms with Crippen LogP contribution in [0.5, 0.6) is 0 Å². The van der Waals surface area contributed by atoms with Gasteiger partial charge in [0.25, 0.3) is 0 Å². The Bertz CT molecular complexity index is 604. The maximum Gasteiger partial charge on any atom is 0.232 e. The van der Waals surface area contributed by atoms with Crippen LogP contribution in [0.2, 0.25) is 5.02 Å². The molecule has 1 aliphatic heterocycles. The van der Waals surface area contributed by atoms with Gasteiger partial charge in [-0.3, -0.25) is 0 Å². The molecule has 1 fully saturated rings. The standard InChI is InChI=1S/C15H18ClN3OS/c1-2-7-17-13-9-21-8-11(13)15-18-14(19-20-15)10-5-3-4-6-12(10)16/h3-6,11,13,17H,2,7-9H2,1H3. The van der Waals surface area contributed by atoms with Crippen LogP contribution in [0.3, 0.4) is 0 Å². The van der Waals surface area contributed by atoms with E-state index in [0.717, 1.165) is 30.0 Å². The zero-order valence-electron chi connectivity index (χ0n) is 11.9. The van der Waals surface area contributed by atoms with Crippen LogP contribution in [0.15, 0.2) is 28.8 Å². The van der Waals surface area contributed by atoms with Gasteiger partial charge in [-0.25, -0.2) is 0 Å². The van der Waals surface area contributed by atoms with Gasteiger partial charge < -0.3 is 9.84 Å². The molecule has 1 aromatic heterocycles. The first-order valence-electron chi connectivity index (χ1n) is 7.19. The normalized spacial score (nSPS) is 21.8. The molecule has 0 bridgehead atoms. The molecule has 112 valence electrons. The average Bonchev–Trinajstić information content (AvgIpc) is 3.14. The fourth-order valence-corrected chi connectivity index (χ4v) is 4.06. The smallest absolute Gasteiger partial charge is 0.232 e. The Hall–Kier alpha value is -1.04. The average molecular weight is 324 g/mol. The van der Waals surface area contributed by atoms with Crippen LogP contribution in [0, 0.1) is 0 Å². The maximum absolute atomic E-state index is 6.19. The van der Waals surface area contributed by atoms with Gasteiger partial charge in [-0.2, -0.15) is 16.7 Å². The first-order valence-corrected chi connectivity index (χ1v) is 8.72. The van der Waals surface area contributed by atoms with Crippen molar-refractivity contribution < 1.29 is 4.52 Å². The van der Waals surface area contributed by atoms with E-state index in [4.69, 9.17) is 16.1 Å². The summed E-state index contributed by atoms with van der Waals surface area (Å²) in [7, 11) is 0. The van der Waals surface area contributed by atoms with E-state index in [1.54, 1.807) is 0 Å². The van der Waals surface area contributed by atoms with Crippen molar-refractivity contribution >= 4 is 23.4 Å². The second-order valence-corrected chi connectivity index (χ2v) is 6.62. The van der Waals surface area contributed by atoms with Crippen molar-refractivity contribution in [2.24, 2.45) is 0 Å². The van der Waals surface area contributed by atoms with Crippen LogP contribution in [0.4, 0.5) is 0 Å². The van der Waals surface area contributed by atoms with E-state index in [1.165, 1.54) is 0 Å². The molecule has 0 aliphatic carbocycles. The minimum atomic E-state index is 0.283. The first-order chi connectivity index (χ1) is 10.3. The lowest BCUT2D eigenvalue weighted by Crippen LogP contribution is -2.34. The number of nitrogens with one attached hydrogen (secondary N) is 1. The minimum Gasteiger partial charge on any atom is -0.339 e. The molecule has 0 amide bonds. The van der Waals surface area contributed by atoms with Crippen LogP contribution in [-0.4, -0.2) is 34.2 Å². The van der Waals surface area contributed by atoms with Crippen molar-refractivity contribution in [3.05, 3.63) is 35.2 Å². The van der Waals surface area contributed by atoms with E-state index in [1.807, 2.05) is 36.0 Å². The lowest BCUT2D eigenvalue weighted by atomic mass is 10.0. The van der Waals surface area contributed by atoms with E-state index >= 15 is 0 Å². The van der Waals surface area contributed by atoms with E-state index in [0.29, 0.717) is 22.8 Å². The van der Waals surface area contributed by atoms with E-state index in [2.05, 4.69) is 22.4 Å². The molecular weight excluding hydrogens is 306 g/mol. The van der Waals surface area contributed by atoms with Crippen LogP contribution < -0.4 is 5.32 Å². The predicted octanol–water partition coefficient (Wildman–Crippen LogP) is 3.59. The highest BCUT2D eigenvalue weighted by molar-refractivity contribution is 7.99. The quantitative estimate of drug-likeness (QED) is 0.911. The van der Waals surface area contributed by atoms with Crippen molar-refractivity contribution in [3.8, 4) is 11.4 Å². The molecule has 21 heavy (non-hydrogen) atoms. The Morgan fingerprint density at radius 1 is 1.38 bits per heavy atom. The van der Waals surface area contributed by atoms with Gasteiger partial charge in [0.2, 0.25) is 11.7 Å². The summed E-state index contributed by atoms with van der Waals surface area (Å²) in [5.74, 6) is 3.68. The van der Waals surface area contributed by atoms with Crippen molar-refractivity contribution in [1.29, 1.82) is 0 Å². The number of thioether (sulfide) groups is 1. The third kappa shape index (κ3) is 3.25. The van der Waals surface area contributed by atoms with Gasteiger partial charge in [-0.1, -0.05) is 35.8 Å². The van der Waals surface area contributed by atoms with E-state index < -0.39 is 0 Å². The second kappa shape index (κ2) is 6.81. The number of rotatable bonds is 5. The molecule has 0 spiro atoms. The number of hydrogen-bond acceptors (Lipinski definition) is 5. The van der Waals surface area contributed by atoms with Crippen LogP contribution >= 0.6 is 23.4 Å². The number of halogens is 1. The topological polar surface area (TPSA) is 51.0 Å². The zero-order chi connectivity index (χ0) is 14.7. The SMILES string of the molecule is CCCNC1CSCC1c1nc(-c2ccccc2Cl)no1. The Kier molecular flexibility index (Phi) is 4.83. The van der Waals surface area contributed by atoms with Crippen molar-refractivity contribution in [2.45, 2.75) is 25.3 Å². The summed E-state index contributed by atoms with van der Waals surface area (Å²) in [6, 6.07) is 7.98. The van der Waals surface area contributed by atoms with Crippen molar-refractivity contribution in [2.75, 3.05) is 18.1 Å². The Balaban J connectivity index is 1.80. The van der Waals surface area contributed by atoms with E-state index in [9.17, 15) is 0 Å². The number of hydrogen-bond donors (Lipinski definition) is 1. The summed E-state index contributed by atoms with van der Waals surface area (Å²) in [5.41, 5.74) is 0.817. The van der Waals surface area contributed by atoms with Crippen molar-refractivity contribution in [1.82, 2.24) is 15.5 Å². The monoisotopic (exact) mass is 323 g/mol. The highest BCUT2D eigenvalue weighted by Crippen LogP contribution is 2.33. The largest absolute Gasteiger partial charge is 0.339 e. The lowest BCUT2D eigenvalue weighted by molar-refractivity contribution is 0.339. The summed E-state index contributed by atoms with van der Waals surface area (Å²) in [4.78, 5) is 4.57. The highest BCUT2D eigenvalue weighted by atomic mass is 35.5. The highest BCUT2D eigenvalue weighted by Gasteiger charge is 2.33. The molecule has 4 nitrogen and oxygen atoms in total. The molecule has 2 heterocycles. The van der Waals surface area contributed by atoms with Gasteiger partial charge in [0.05, 0.1) is 10.9 Å². The molecule has 1 aromatic carbocycles. The van der Waals surface area contributed by atoms with Gasteiger partial charge in [-0.05, 0) is 25.1 Å². The summed E-state index contributed by atoms with van der Waals surface area (Å²) in [5, 5.41) is 8.31. The zero-order valence-corrected chi connectivity index (χ0v) is 13.5. The first kappa shape index (κ1) is 14.9. The second-order valence-electron chi connectivity index (χ2n) is 5.14. The molecule has 1 saturated heterocycles. The Morgan fingerprint density at radius 3 is 3.05 bits per heavy atom. The summed E-state index contributed by atoms with van der Waals surface area (Å²) in [6.45, 7) is 3.19. The van der Waals surface area contributed by atoms with Gasteiger partial charge in [0.1, 0.15) is 0 Å². The van der Waals surface area contributed by atoms with Crippen molar-refractivity contribution in [3.63, 3.8) is 0 Å². The fourth-order valence-electron chi connectivity index (χ4n) is 2.47. The number of aromatic nitrogens is 2. The van der Waals surface area contributed by atoms with Crippen LogP contribution in [-0.2, 0) is 0 Å². The Morgan fingerprint density at radius 2 is 2.24 bits per heavy atom. The number of benzene rings is 1. The minimum absolute atomic E-state index is 0.283. The van der Waals surface area contributed by atoms with Gasteiger partial charge in [0, 0.05) is 23.1 Å². The summed E-state index contributed by atoms with van der Waals surface area (Å²) < 4.78 is 5.50. The Labute approximate surface area is 133 Å². The van der Waals surface area contributed by atoms with Gasteiger partial charge in [0.15, 0.2) is 0 Å². The third-order valence-electron chi connectivity index (χ3n) is 3.61. The van der Waals surface area contributed by atoms with Gasteiger partial charge >= 0.3 is 0 Å². The molecule has 1 aliphatic rings. The molecule has 1 N–H and O–H groups in total. The summed E-state index contributed by atoms with van der Waals surface area (Å²) >= 11 is 8.11. The lowest BCUT2D eigenvalue weighted by Gasteiger charge is -2.16. The fraction of sp³-hybridized carbons (Fsp3) is 0.467. The molecule has 2 atom stereocenters. The molecule has 2 aromatic rings. The molecular formula is C15H18ClN3OS. The van der Waals surface area contributed by atoms with E-state index in [-0.39, 0.29) is 5.92 Å². The van der Waals surface area contributed by atoms with Gasteiger partial charge in [-0.15, -0.1) is 0 Å². The molecule has 6 heteroatoms. The molecule has 2 unspecified atom stereocenters. The molecule has 0 saturated carbocycles. The van der Waals surface area contributed by atoms with Crippen LogP contribution in [0.25, 0.3) is 11.4 Å². The number of nitrogens with zero attached hydrogens (tertiary/aromatic N) is 2. The third-order valence-corrected chi connectivity index (χ3v) is 5.13.